The summed E-state index contributed by atoms with van der Waals surface area (Å²) in [5.74, 6) is 0.446. The summed E-state index contributed by atoms with van der Waals surface area (Å²) >= 11 is 0. The molecule has 1 aliphatic rings. The molecule has 1 saturated heterocycles. The average Bonchev–Trinajstić information content (AvgIpc) is 2.45. The van der Waals surface area contributed by atoms with E-state index in [1.807, 2.05) is 13.8 Å². The summed E-state index contributed by atoms with van der Waals surface area (Å²) in [5, 5.41) is 9.62. The molecule has 6 heteroatoms. The van der Waals surface area contributed by atoms with E-state index in [0.29, 0.717) is 11.9 Å². The second kappa shape index (κ2) is 6.17. The molecule has 1 aliphatic heterocycles. The topological polar surface area (TPSA) is 75.5 Å². The van der Waals surface area contributed by atoms with Crippen molar-refractivity contribution in [3.05, 3.63) is 17.5 Å². The van der Waals surface area contributed by atoms with E-state index in [9.17, 15) is 9.90 Å². The van der Waals surface area contributed by atoms with Crippen LogP contribution in [0.25, 0.3) is 0 Å². The van der Waals surface area contributed by atoms with Crippen LogP contribution in [0, 0.1) is 12.8 Å². The summed E-state index contributed by atoms with van der Waals surface area (Å²) in [6.45, 7) is 5.25. The molecule has 0 unspecified atom stereocenters. The molecule has 2 heterocycles. The fourth-order valence-electron chi connectivity index (χ4n) is 2.49. The van der Waals surface area contributed by atoms with Crippen LogP contribution in [0.5, 0.6) is 0 Å². The van der Waals surface area contributed by atoms with Gasteiger partial charge in [-0.1, -0.05) is 0 Å². The van der Waals surface area contributed by atoms with Crippen molar-refractivity contribution < 1.29 is 14.6 Å². The zero-order valence-corrected chi connectivity index (χ0v) is 12.2. The summed E-state index contributed by atoms with van der Waals surface area (Å²) < 4.78 is 4.70. The number of carbonyl (C=O) groups is 1. The first-order valence-corrected chi connectivity index (χ1v) is 6.88. The predicted octanol–water partition coefficient (Wildman–Crippen LogP) is 1.17. The summed E-state index contributed by atoms with van der Waals surface area (Å²) in [6.07, 6.45) is 1.53. The van der Waals surface area contributed by atoms with Crippen LogP contribution >= 0.6 is 0 Å². The second-order valence-corrected chi connectivity index (χ2v) is 5.25. The molecule has 0 aromatic carbocycles. The molecule has 2 rings (SSSR count). The van der Waals surface area contributed by atoms with Gasteiger partial charge in [-0.3, -0.25) is 0 Å². The Morgan fingerprint density at radius 2 is 2.10 bits per heavy atom. The molecular weight excluding hydrogens is 258 g/mol. The van der Waals surface area contributed by atoms with Gasteiger partial charge in [0.15, 0.2) is 5.69 Å². The highest BCUT2D eigenvalue weighted by Crippen LogP contribution is 2.23. The number of rotatable bonds is 3. The lowest BCUT2D eigenvalue weighted by molar-refractivity contribution is 0.0593. The minimum atomic E-state index is -0.449. The normalized spacial score (nSPS) is 17.9. The van der Waals surface area contributed by atoms with E-state index in [2.05, 4.69) is 14.9 Å². The third kappa shape index (κ3) is 3.25. The molecule has 0 aliphatic carbocycles. The number of aryl methyl sites for hydroxylation is 1. The molecule has 0 saturated carbocycles. The number of hydrogen-bond donors (Lipinski definition) is 1. The third-order valence-corrected chi connectivity index (χ3v) is 3.74. The summed E-state index contributed by atoms with van der Waals surface area (Å²) in [7, 11) is 1.34. The van der Waals surface area contributed by atoms with Gasteiger partial charge in [-0.25, -0.2) is 14.8 Å². The maximum atomic E-state index is 11.6. The Morgan fingerprint density at radius 3 is 2.65 bits per heavy atom. The highest BCUT2D eigenvalue weighted by Gasteiger charge is 2.24. The number of carbonyl (C=O) groups excluding carboxylic acids is 1. The Morgan fingerprint density at radius 1 is 1.45 bits per heavy atom. The van der Waals surface area contributed by atoms with Gasteiger partial charge in [0, 0.05) is 18.8 Å². The largest absolute Gasteiger partial charge is 0.464 e. The van der Waals surface area contributed by atoms with Gasteiger partial charge in [0.1, 0.15) is 0 Å². The van der Waals surface area contributed by atoms with E-state index in [1.54, 1.807) is 6.07 Å². The van der Waals surface area contributed by atoms with Gasteiger partial charge in [-0.2, -0.15) is 0 Å². The number of esters is 1. The van der Waals surface area contributed by atoms with E-state index in [1.165, 1.54) is 7.11 Å². The van der Waals surface area contributed by atoms with Crippen molar-refractivity contribution in [2.75, 3.05) is 25.1 Å². The Balaban J connectivity index is 2.13. The molecular formula is C14H21N3O3. The minimum absolute atomic E-state index is 0.277. The lowest BCUT2D eigenvalue weighted by Crippen LogP contribution is -2.38. The number of aliphatic hydroxyl groups is 1. The fourth-order valence-corrected chi connectivity index (χ4v) is 2.49. The Hall–Kier alpha value is -1.69. The van der Waals surface area contributed by atoms with E-state index < -0.39 is 5.97 Å². The molecule has 1 aromatic heterocycles. The first-order valence-electron chi connectivity index (χ1n) is 6.88. The standard InChI is InChI=1S/C14H21N3O3/c1-9-8-12(13(19)20-3)16-14(15-9)17-6-4-11(5-7-17)10(2)18/h8,10-11,18H,4-7H2,1-3H3/t10-/m1/s1. The number of nitrogens with zero attached hydrogens (tertiary/aromatic N) is 3. The highest BCUT2D eigenvalue weighted by atomic mass is 16.5. The van der Waals surface area contributed by atoms with Gasteiger partial charge in [0.05, 0.1) is 13.2 Å². The van der Waals surface area contributed by atoms with Gasteiger partial charge in [0.25, 0.3) is 0 Å². The molecule has 1 aromatic rings. The number of aromatic nitrogens is 2. The molecule has 1 fully saturated rings. The van der Waals surface area contributed by atoms with Crippen LogP contribution in [0.4, 0.5) is 5.95 Å². The van der Waals surface area contributed by atoms with Gasteiger partial charge in [0.2, 0.25) is 5.95 Å². The third-order valence-electron chi connectivity index (χ3n) is 3.74. The second-order valence-electron chi connectivity index (χ2n) is 5.25. The number of piperidine rings is 1. The van der Waals surface area contributed by atoms with Crippen molar-refractivity contribution in [2.24, 2.45) is 5.92 Å². The van der Waals surface area contributed by atoms with Crippen LogP contribution < -0.4 is 4.90 Å². The van der Waals surface area contributed by atoms with E-state index in [0.717, 1.165) is 31.6 Å². The average molecular weight is 279 g/mol. The number of ether oxygens (including phenoxy) is 1. The maximum Gasteiger partial charge on any atom is 0.356 e. The molecule has 20 heavy (non-hydrogen) atoms. The number of aliphatic hydroxyl groups excluding tert-OH is 1. The molecule has 110 valence electrons. The van der Waals surface area contributed by atoms with Crippen molar-refractivity contribution in [1.82, 2.24) is 9.97 Å². The Bertz CT molecular complexity index is 483. The van der Waals surface area contributed by atoms with Crippen LogP contribution in [0.1, 0.15) is 35.9 Å². The van der Waals surface area contributed by atoms with Crippen molar-refractivity contribution in [3.8, 4) is 0 Å². The Kier molecular flexibility index (Phi) is 4.54. The molecule has 6 nitrogen and oxygen atoms in total. The Labute approximate surface area is 118 Å². The summed E-state index contributed by atoms with van der Waals surface area (Å²) in [6, 6.07) is 1.62. The molecule has 0 bridgehead atoms. The van der Waals surface area contributed by atoms with Crippen molar-refractivity contribution in [1.29, 1.82) is 0 Å². The summed E-state index contributed by atoms with van der Waals surface area (Å²) in [4.78, 5) is 22.3. The van der Waals surface area contributed by atoms with Crippen LogP contribution in [-0.4, -0.2) is 47.3 Å². The molecule has 0 radical (unpaired) electrons. The van der Waals surface area contributed by atoms with Crippen molar-refractivity contribution in [2.45, 2.75) is 32.8 Å². The van der Waals surface area contributed by atoms with E-state index in [-0.39, 0.29) is 11.8 Å². The van der Waals surface area contributed by atoms with Crippen LogP contribution in [0.2, 0.25) is 0 Å². The van der Waals surface area contributed by atoms with Crippen LogP contribution in [0.3, 0.4) is 0 Å². The van der Waals surface area contributed by atoms with Gasteiger partial charge in [-0.05, 0) is 38.7 Å². The lowest BCUT2D eigenvalue weighted by atomic mass is 9.92. The molecule has 0 amide bonds. The lowest BCUT2D eigenvalue weighted by Gasteiger charge is -2.33. The number of hydrogen-bond acceptors (Lipinski definition) is 6. The predicted molar refractivity (Wildman–Crippen MR) is 74.7 cm³/mol. The summed E-state index contributed by atoms with van der Waals surface area (Å²) in [5.41, 5.74) is 1.03. The van der Waals surface area contributed by atoms with Gasteiger partial charge < -0.3 is 14.7 Å². The van der Waals surface area contributed by atoms with Crippen molar-refractivity contribution in [3.63, 3.8) is 0 Å². The smallest absolute Gasteiger partial charge is 0.356 e. The van der Waals surface area contributed by atoms with E-state index in [4.69, 9.17) is 4.74 Å². The number of methoxy groups -OCH3 is 1. The molecule has 0 spiro atoms. The zero-order chi connectivity index (χ0) is 14.7. The van der Waals surface area contributed by atoms with Gasteiger partial charge >= 0.3 is 5.97 Å². The quantitative estimate of drug-likeness (QED) is 0.837. The maximum absolute atomic E-state index is 11.6. The zero-order valence-electron chi connectivity index (χ0n) is 12.2. The first kappa shape index (κ1) is 14.7. The van der Waals surface area contributed by atoms with Crippen LogP contribution in [-0.2, 0) is 4.74 Å². The fraction of sp³-hybridized carbons (Fsp3) is 0.643. The number of anilines is 1. The first-order chi connectivity index (χ1) is 9.51. The highest BCUT2D eigenvalue weighted by molar-refractivity contribution is 5.87. The SMILES string of the molecule is COC(=O)c1cc(C)nc(N2CCC([C@@H](C)O)CC2)n1. The monoisotopic (exact) mass is 279 g/mol. The van der Waals surface area contributed by atoms with Crippen LogP contribution in [0.15, 0.2) is 6.07 Å². The minimum Gasteiger partial charge on any atom is -0.464 e. The van der Waals surface area contributed by atoms with Gasteiger partial charge in [-0.15, -0.1) is 0 Å². The van der Waals surface area contributed by atoms with Crippen molar-refractivity contribution >= 4 is 11.9 Å². The van der Waals surface area contributed by atoms with E-state index >= 15 is 0 Å². The molecule has 1 N–H and O–H groups in total. The molecule has 1 atom stereocenters.